The van der Waals surface area contributed by atoms with Crippen molar-refractivity contribution in [1.82, 2.24) is 14.1 Å². The second kappa shape index (κ2) is 8.10. The van der Waals surface area contributed by atoms with Gasteiger partial charge in [0, 0.05) is 12.7 Å². The summed E-state index contributed by atoms with van der Waals surface area (Å²) in [5.41, 5.74) is 3.22. The van der Waals surface area contributed by atoms with Gasteiger partial charge in [-0.2, -0.15) is 0 Å². The maximum absolute atomic E-state index is 13.2. The Morgan fingerprint density at radius 1 is 0.897 bits per heavy atom. The number of benzene rings is 2. The van der Waals surface area contributed by atoms with Crippen molar-refractivity contribution in [3.63, 3.8) is 0 Å². The molecule has 0 unspecified atom stereocenters. The van der Waals surface area contributed by atoms with E-state index in [1.54, 1.807) is 22.9 Å². The van der Waals surface area contributed by atoms with Crippen molar-refractivity contribution < 1.29 is 0 Å². The molecule has 4 aromatic rings. The number of hydrogen-bond donors (Lipinski definition) is 0. The second-order valence-electron chi connectivity index (χ2n) is 6.95. The number of fused-ring (bicyclic) bond motifs is 1. The average Bonchev–Trinajstić information content (AvgIpc) is 2.75. The molecule has 2 heterocycles. The van der Waals surface area contributed by atoms with Crippen molar-refractivity contribution in [2.24, 2.45) is 0 Å². The minimum Gasteiger partial charge on any atom is -0.288 e. The van der Waals surface area contributed by atoms with Gasteiger partial charge >= 0.3 is 5.69 Å². The molecule has 0 amide bonds. The quantitative estimate of drug-likeness (QED) is 0.529. The number of rotatable bonds is 5. The fraction of sp³-hybridized carbons (Fsp3) is 0.125. The number of allylic oxidation sites excluding steroid dienone is 1. The number of aromatic nitrogens is 3. The van der Waals surface area contributed by atoms with Crippen LogP contribution in [0, 0.1) is 6.92 Å². The van der Waals surface area contributed by atoms with Crippen molar-refractivity contribution in [2.45, 2.75) is 20.0 Å². The molecular weight excluding hydrogens is 362 g/mol. The van der Waals surface area contributed by atoms with E-state index in [2.05, 4.69) is 4.98 Å². The molecule has 29 heavy (non-hydrogen) atoms. The lowest BCUT2D eigenvalue weighted by molar-refractivity contribution is 0.639. The van der Waals surface area contributed by atoms with Gasteiger partial charge in [-0.05, 0) is 30.2 Å². The minimum absolute atomic E-state index is 0.215. The Kier molecular flexibility index (Phi) is 5.20. The monoisotopic (exact) mass is 383 g/mol. The Labute approximate surface area is 168 Å². The first-order valence-electron chi connectivity index (χ1n) is 9.49. The molecule has 0 atom stereocenters. The molecule has 0 spiro atoms. The average molecular weight is 383 g/mol. The Hall–Kier alpha value is -3.73. The molecule has 4 rings (SSSR count). The van der Waals surface area contributed by atoms with Crippen LogP contribution in [-0.2, 0) is 13.1 Å². The van der Waals surface area contributed by atoms with E-state index in [0.717, 1.165) is 16.7 Å². The van der Waals surface area contributed by atoms with Gasteiger partial charge in [0.25, 0.3) is 5.56 Å². The lowest BCUT2D eigenvalue weighted by Gasteiger charge is -2.12. The van der Waals surface area contributed by atoms with Crippen LogP contribution in [0.3, 0.4) is 0 Å². The first-order chi connectivity index (χ1) is 14.1. The van der Waals surface area contributed by atoms with Gasteiger partial charge in [0.2, 0.25) is 0 Å². The van der Waals surface area contributed by atoms with E-state index in [-0.39, 0.29) is 17.8 Å². The van der Waals surface area contributed by atoms with E-state index < -0.39 is 0 Å². The van der Waals surface area contributed by atoms with E-state index >= 15 is 0 Å². The van der Waals surface area contributed by atoms with Crippen LogP contribution in [0.25, 0.3) is 17.1 Å². The van der Waals surface area contributed by atoms with Crippen molar-refractivity contribution in [2.75, 3.05) is 0 Å². The Balaban J connectivity index is 1.78. The van der Waals surface area contributed by atoms with Gasteiger partial charge in [-0.3, -0.25) is 13.9 Å². The molecule has 0 saturated carbocycles. The highest BCUT2D eigenvalue weighted by atomic mass is 16.2. The molecule has 0 aliphatic carbocycles. The van der Waals surface area contributed by atoms with Crippen LogP contribution in [0.2, 0.25) is 0 Å². The zero-order chi connectivity index (χ0) is 20.2. The summed E-state index contributed by atoms with van der Waals surface area (Å²) >= 11 is 0. The standard InChI is InChI=1S/C24H21N3O2/c1-18-11-13-20(14-12-18)17-27-23(28)22-21(10-5-15-25-22)26(24(27)29)16-6-9-19-7-3-2-4-8-19/h2-15H,16-17H2,1H3/b9-6+. The zero-order valence-electron chi connectivity index (χ0n) is 16.2. The molecule has 0 radical (unpaired) electrons. The largest absolute Gasteiger partial charge is 0.332 e. The van der Waals surface area contributed by atoms with Crippen LogP contribution >= 0.6 is 0 Å². The predicted molar refractivity (Wildman–Crippen MR) is 116 cm³/mol. The topological polar surface area (TPSA) is 56.9 Å². The smallest absolute Gasteiger partial charge is 0.288 e. The molecule has 0 N–H and O–H groups in total. The zero-order valence-corrected chi connectivity index (χ0v) is 16.2. The summed E-state index contributed by atoms with van der Waals surface area (Å²) in [6.07, 6.45) is 5.46. The summed E-state index contributed by atoms with van der Waals surface area (Å²) in [5.74, 6) is 0. The summed E-state index contributed by atoms with van der Waals surface area (Å²) < 4.78 is 2.85. The lowest BCUT2D eigenvalue weighted by atomic mass is 10.1. The molecule has 5 heteroatoms. The molecule has 0 aliphatic rings. The highest BCUT2D eigenvalue weighted by Gasteiger charge is 2.13. The molecule has 5 nitrogen and oxygen atoms in total. The van der Waals surface area contributed by atoms with Gasteiger partial charge in [-0.25, -0.2) is 9.78 Å². The lowest BCUT2D eigenvalue weighted by Crippen LogP contribution is -2.40. The molecule has 2 aromatic carbocycles. The van der Waals surface area contributed by atoms with E-state index in [0.29, 0.717) is 17.6 Å². The van der Waals surface area contributed by atoms with E-state index in [4.69, 9.17) is 0 Å². The van der Waals surface area contributed by atoms with Crippen molar-refractivity contribution in [3.8, 4) is 0 Å². The molecule has 144 valence electrons. The van der Waals surface area contributed by atoms with Crippen molar-refractivity contribution in [3.05, 3.63) is 117 Å². The maximum atomic E-state index is 13.2. The minimum atomic E-state index is -0.366. The summed E-state index contributed by atoms with van der Waals surface area (Å²) in [4.78, 5) is 30.4. The summed E-state index contributed by atoms with van der Waals surface area (Å²) in [5, 5.41) is 0. The van der Waals surface area contributed by atoms with Gasteiger partial charge < -0.3 is 0 Å². The highest BCUT2D eigenvalue weighted by molar-refractivity contribution is 5.73. The van der Waals surface area contributed by atoms with Crippen LogP contribution in [0.5, 0.6) is 0 Å². The fourth-order valence-corrected chi connectivity index (χ4v) is 3.29. The molecule has 0 fully saturated rings. The third-order valence-corrected chi connectivity index (χ3v) is 4.85. The van der Waals surface area contributed by atoms with Crippen LogP contribution in [0.15, 0.2) is 88.6 Å². The van der Waals surface area contributed by atoms with Gasteiger partial charge in [0.15, 0.2) is 5.52 Å². The fourth-order valence-electron chi connectivity index (χ4n) is 3.29. The third kappa shape index (κ3) is 3.94. The van der Waals surface area contributed by atoms with Gasteiger partial charge in [-0.15, -0.1) is 0 Å². The second-order valence-corrected chi connectivity index (χ2v) is 6.95. The van der Waals surface area contributed by atoms with Gasteiger partial charge in [0.1, 0.15) is 0 Å². The molecule has 0 aliphatic heterocycles. The third-order valence-electron chi connectivity index (χ3n) is 4.85. The van der Waals surface area contributed by atoms with Crippen molar-refractivity contribution in [1.29, 1.82) is 0 Å². The van der Waals surface area contributed by atoms with E-state index in [9.17, 15) is 9.59 Å². The SMILES string of the molecule is Cc1ccc(Cn2c(=O)c3ncccc3n(C/C=C/c3ccccc3)c2=O)cc1. The van der Waals surface area contributed by atoms with Gasteiger partial charge in [-0.1, -0.05) is 72.3 Å². The number of pyridine rings is 1. The molecule has 0 saturated heterocycles. The first kappa shape index (κ1) is 18.6. The van der Waals surface area contributed by atoms with E-state index in [1.807, 2.05) is 73.7 Å². The number of hydrogen-bond acceptors (Lipinski definition) is 3. The van der Waals surface area contributed by atoms with Crippen molar-refractivity contribution >= 4 is 17.1 Å². The van der Waals surface area contributed by atoms with Crippen LogP contribution in [0.1, 0.15) is 16.7 Å². The summed E-state index contributed by atoms with van der Waals surface area (Å²) in [7, 11) is 0. The highest BCUT2D eigenvalue weighted by Crippen LogP contribution is 2.08. The van der Waals surface area contributed by atoms with Gasteiger partial charge in [0.05, 0.1) is 12.1 Å². The van der Waals surface area contributed by atoms with Crippen LogP contribution < -0.4 is 11.2 Å². The van der Waals surface area contributed by atoms with E-state index in [1.165, 1.54) is 4.57 Å². The first-order valence-corrected chi connectivity index (χ1v) is 9.49. The Morgan fingerprint density at radius 3 is 2.41 bits per heavy atom. The Morgan fingerprint density at radius 2 is 1.66 bits per heavy atom. The molecule has 0 bridgehead atoms. The molecular formula is C24H21N3O2. The predicted octanol–water partition coefficient (Wildman–Crippen LogP) is 3.63. The maximum Gasteiger partial charge on any atom is 0.332 e. The Bertz CT molecular complexity index is 1280. The van der Waals surface area contributed by atoms with Crippen LogP contribution in [-0.4, -0.2) is 14.1 Å². The number of aryl methyl sites for hydroxylation is 1. The molecule has 2 aromatic heterocycles. The normalized spacial score (nSPS) is 11.3. The van der Waals surface area contributed by atoms with Crippen LogP contribution in [0.4, 0.5) is 0 Å². The number of nitrogens with zero attached hydrogens (tertiary/aromatic N) is 3. The summed E-state index contributed by atoms with van der Waals surface area (Å²) in [6, 6.07) is 21.2. The summed E-state index contributed by atoms with van der Waals surface area (Å²) in [6.45, 7) is 2.57.